The lowest BCUT2D eigenvalue weighted by atomic mass is 10.1. The highest BCUT2D eigenvalue weighted by atomic mass is 16.3. The number of hydrogen-bond donors (Lipinski definition) is 2. The molecule has 0 saturated heterocycles. The van der Waals surface area contributed by atoms with E-state index in [4.69, 9.17) is 0 Å². The number of fused-ring (bicyclic) bond motifs is 1. The van der Waals surface area contributed by atoms with E-state index in [1.165, 1.54) is 6.07 Å². The Morgan fingerprint density at radius 1 is 1.06 bits per heavy atom. The predicted octanol–water partition coefficient (Wildman–Crippen LogP) is 3.36. The second-order valence-corrected chi connectivity index (χ2v) is 3.87. The maximum absolute atomic E-state index is 10.0. The lowest BCUT2D eigenvalue weighted by molar-refractivity contribution is 0.471. The summed E-state index contributed by atoms with van der Waals surface area (Å²) in [6, 6.07) is 8.62. The van der Waals surface area contributed by atoms with Gasteiger partial charge >= 0.3 is 0 Å². The van der Waals surface area contributed by atoms with Gasteiger partial charge in [-0.2, -0.15) is 0 Å². The third kappa shape index (κ3) is 1.72. The fourth-order valence-electron chi connectivity index (χ4n) is 1.65. The van der Waals surface area contributed by atoms with Crippen molar-refractivity contribution in [2.75, 3.05) is 0 Å². The van der Waals surface area contributed by atoms with E-state index < -0.39 is 0 Å². The van der Waals surface area contributed by atoms with E-state index in [0.29, 0.717) is 16.5 Å². The molecule has 0 bridgehead atoms. The molecule has 0 amide bonds. The number of rotatable bonds is 1. The van der Waals surface area contributed by atoms with Crippen LogP contribution in [0.2, 0.25) is 0 Å². The fraction of sp³-hybridized carbons (Fsp3) is 0.154. The van der Waals surface area contributed by atoms with Crippen LogP contribution < -0.4 is 0 Å². The third-order valence-electron chi connectivity index (χ3n) is 2.32. The quantitative estimate of drug-likeness (QED) is 0.566. The number of phenols is 2. The third-order valence-corrected chi connectivity index (χ3v) is 2.32. The summed E-state index contributed by atoms with van der Waals surface area (Å²) in [5.74, 6) is 0.239. The summed E-state index contributed by atoms with van der Waals surface area (Å²) in [5, 5.41) is 21.1. The summed E-state index contributed by atoms with van der Waals surface area (Å²) in [6.45, 7) is 3.68. The zero-order chi connectivity index (χ0) is 11.7. The molecular formula is C13H13NO2. The Hall–Kier alpha value is -2.03. The molecule has 2 rings (SSSR count). The Bertz CT molecular complexity index is 569. The summed E-state index contributed by atoms with van der Waals surface area (Å²) in [6.07, 6.45) is 0. The molecule has 0 spiro atoms. The van der Waals surface area contributed by atoms with E-state index in [9.17, 15) is 10.2 Å². The second kappa shape index (κ2) is 3.85. The van der Waals surface area contributed by atoms with Crippen LogP contribution in [0.15, 0.2) is 35.3 Å². The molecule has 82 valence electrons. The van der Waals surface area contributed by atoms with Gasteiger partial charge < -0.3 is 10.2 Å². The molecule has 2 aromatic carbocycles. The zero-order valence-corrected chi connectivity index (χ0v) is 9.23. The highest BCUT2D eigenvalue weighted by molar-refractivity contribution is 5.98. The number of phenolic OH excluding ortho intramolecular Hbond substituents is 2. The van der Waals surface area contributed by atoms with Crippen LogP contribution in [0.3, 0.4) is 0 Å². The van der Waals surface area contributed by atoms with Gasteiger partial charge in [-0.05, 0) is 13.8 Å². The van der Waals surface area contributed by atoms with Crippen molar-refractivity contribution in [2.24, 2.45) is 4.99 Å². The van der Waals surface area contributed by atoms with Crippen LogP contribution in [0, 0.1) is 0 Å². The Morgan fingerprint density at radius 2 is 1.69 bits per heavy atom. The first-order chi connectivity index (χ1) is 7.59. The van der Waals surface area contributed by atoms with Crippen molar-refractivity contribution in [3.8, 4) is 11.5 Å². The molecule has 0 radical (unpaired) electrons. The van der Waals surface area contributed by atoms with Gasteiger partial charge in [-0.25, -0.2) is 0 Å². The molecule has 0 unspecified atom stereocenters. The molecule has 3 nitrogen and oxygen atoms in total. The van der Waals surface area contributed by atoms with E-state index >= 15 is 0 Å². The molecular weight excluding hydrogens is 202 g/mol. The normalized spacial score (nSPS) is 10.4. The summed E-state index contributed by atoms with van der Waals surface area (Å²) >= 11 is 0. The lowest BCUT2D eigenvalue weighted by Gasteiger charge is -2.06. The summed E-state index contributed by atoms with van der Waals surface area (Å²) in [5.41, 5.74) is 1.22. The number of nitrogens with zero attached hydrogens (tertiary/aromatic N) is 1. The SMILES string of the molecule is CC(C)=Nc1cc(O)c2ccccc2c1O. The topological polar surface area (TPSA) is 52.8 Å². The molecule has 0 fully saturated rings. The molecule has 3 heteroatoms. The predicted molar refractivity (Wildman–Crippen MR) is 65.7 cm³/mol. The molecule has 0 saturated carbocycles. The van der Waals surface area contributed by atoms with Crippen molar-refractivity contribution in [3.63, 3.8) is 0 Å². The molecule has 0 aliphatic rings. The Balaban J connectivity index is 2.80. The van der Waals surface area contributed by atoms with Crippen LogP contribution in [0.4, 0.5) is 5.69 Å². The van der Waals surface area contributed by atoms with Crippen molar-refractivity contribution < 1.29 is 10.2 Å². The van der Waals surface area contributed by atoms with Crippen LogP contribution in [0.25, 0.3) is 10.8 Å². The van der Waals surface area contributed by atoms with Crippen molar-refractivity contribution in [2.45, 2.75) is 13.8 Å². The summed E-state index contributed by atoms with van der Waals surface area (Å²) in [4.78, 5) is 4.18. The van der Waals surface area contributed by atoms with Crippen molar-refractivity contribution >= 4 is 22.2 Å². The van der Waals surface area contributed by atoms with Crippen LogP contribution in [0.1, 0.15) is 13.8 Å². The maximum Gasteiger partial charge on any atom is 0.149 e. The van der Waals surface area contributed by atoms with Gasteiger partial charge in [0.1, 0.15) is 17.2 Å². The molecule has 16 heavy (non-hydrogen) atoms. The minimum Gasteiger partial charge on any atom is -0.507 e. The first kappa shape index (κ1) is 10.5. The average molecular weight is 215 g/mol. The van der Waals surface area contributed by atoms with E-state index in [0.717, 1.165) is 5.71 Å². The molecule has 2 N–H and O–H groups in total. The molecule has 0 aliphatic heterocycles. The van der Waals surface area contributed by atoms with E-state index in [2.05, 4.69) is 4.99 Å². The van der Waals surface area contributed by atoms with Gasteiger partial charge in [0.25, 0.3) is 0 Å². The first-order valence-corrected chi connectivity index (χ1v) is 5.05. The maximum atomic E-state index is 10.0. The van der Waals surface area contributed by atoms with Gasteiger partial charge in [-0.1, -0.05) is 24.3 Å². The molecule has 0 heterocycles. The van der Waals surface area contributed by atoms with Gasteiger partial charge in [0.15, 0.2) is 0 Å². The van der Waals surface area contributed by atoms with E-state index in [1.807, 2.05) is 26.0 Å². The average Bonchev–Trinajstić information content (AvgIpc) is 2.25. The monoisotopic (exact) mass is 215 g/mol. The van der Waals surface area contributed by atoms with Gasteiger partial charge in [0.2, 0.25) is 0 Å². The van der Waals surface area contributed by atoms with Gasteiger partial charge in [0.05, 0.1) is 0 Å². The lowest BCUT2D eigenvalue weighted by Crippen LogP contribution is -1.81. The number of aliphatic imine (C=N–C) groups is 1. The highest BCUT2D eigenvalue weighted by Crippen LogP contribution is 2.40. The highest BCUT2D eigenvalue weighted by Gasteiger charge is 2.09. The molecule has 2 aromatic rings. The van der Waals surface area contributed by atoms with Gasteiger partial charge in [0, 0.05) is 22.6 Å². The number of benzene rings is 2. The minimum atomic E-state index is 0.106. The largest absolute Gasteiger partial charge is 0.507 e. The second-order valence-electron chi connectivity index (χ2n) is 3.87. The van der Waals surface area contributed by atoms with E-state index in [-0.39, 0.29) is 11.5 Å². The summed E-state index contributed by atoms with van der Waals surface area (Å²) in [7, 11) is 0. The molecule has 0 atom stereocenters. The Kier molecular flexibility index (Phi) is 2.52. The Labute approximate surface area is 93.7 Å². The minimum absolute atomic E-state index is 0.106. The van der Waals surface area contributed by atoms with Gasteiger partial charge in [-0.15, -0.1) is 0 Å². The smallest absolute Gasteiger partial charge is 0.149 e. The zero-order valence-electron chi connectivity index (χ0n) is 9.23. The fourth-order valence-corrected chi connectivity index (χ4v) is 1.65. The van der Waals surface area contributed by atoms with Crippen molar-refractivity contribution in [3.05, 3.63) is 30.3 Å². The molecule has 0 aromatic heterocycles. The Morgan fingerprint density at radius 3 is 2.31 bits per heavy atom. The first-order valence-electron chi connectivity index (χ1n) is 5.05. The van der Waals surface area contributed by atoms with Crippen molar-refractivity contribution in [1.29, 1.82) is 0 Å². The van der Waals surface area contributed by atoms with Gasteiger partial charge in [-0.3, -0.25) is 4.99 Å². The molecule has 0 aliphatic carbocycles. The standard InChI is InChI=1S/C13H13NO2/c1-8(2)14-11-7-12(15)9-5-3-4-6-10(9)13(11)16/h3-7,15-16H,1-2H3. The van der Waals surface area contributed by atoms with Crippen LogP contribution >= 0.6 is 0 Å². The van der Waals surface area contributed by atoms with E-state index in [1.54, 1.807) is 12.1 Å². The number of aromatic hydroxyl groups is 2. The van der Waals surface area contributed by atoms with Crippen LogP contribution in [-0.4, -0.2) is 15.9 Å². The summed E-state index contributed by atoms with van der Waals surface area (Å²) < 4.78 is 0. The number of hydrogen-bond acceptors (Lipinski definition) is 3. The van der Waals surface area contributed by atoms with Crippen molar-refractivity contribution in [1.82, 2.24) is 0 Å². The van der Waals surface area contributed by atoms with Crippen LogP contribution in [0.5, 0.6) is 11.5 Å². The van der Waals surface area contributed by atoms with Crippen LogP contribution in [-0.2, 0) is 0 Å².